The Hall–Kier alpha value is -2.56. The molecule has 1 saturated heterocycles. The Morgan fingerprint density at radius 3 is 2.81 bits per heavy atom. The Morgan fingerprint density at radius 1 is 1.29 bits per heavy atom. The van der Waals surface area contributed by atoms with Crippen LogP contribution in [0.15, 0.2) is 53.3 Å². The Kier molecular flexibility index (Phi) is 3.73. The van der Waals surface area contributed by atoms with Crippen molar-refractivity contribution in [2.75, 3.05) is 6.54 Å². The number of likely N-dealkylation sites (tertiary alicyclic amines) is 1. The van der Waals surface area contributed by atoms with E-state index in [4.69, 9.17) is 4.42 Å². The van der Waals surface area contributed by atoms with Crippen molar-refractivity contribution >= 4 is 11.8 Å². The lowest BCUT2D eigenvalue weighted by Gasteiger charge is -2.17. The first-order chi connectivity index (χ1) is 10.2. The fourth-order valence-corrected chi connectivity index (χ4v) is 2.49. The second kappa shape index (κ2) is 5.83. The lowest BCUT2D eigenvalue weighted by atomic mass is 10.2. The minimum absolute atomic E-state index is 0.0661. The van der Waals surface area contributed by atoms with Gasteiger partial charge in [-0.3, -0.25) is 9.59 Å². The van der Waals surface area contributed by atoms with E-state index in [-0.39, 0.29) is 17.9 Å². The van der Waals surface area contributed by atoms with Crippen LogP contribution in [-0.2, 0) is 11.3 Å². The Morgan fingerprint density at radius 2 is 2.10 bits per heavy atom. The molecule has 0 spiro atoms. The summed E-state index contributed by atoms with van der Waals surface area (Å²) in [4.78, 5) is 25.7. The van der Waals surface area contributed by atoms with Gasteiger partial charge in [0.1, 0.15) is 6.26 Å². The average Bonchev–Trinajstić information content (AvgIpc) is 3.11. The Balaban J connectivity index is 1.58. The monoisotopic (exact) mass is 284 g/mol. The third kappa shape index (κ3) is 3.13. The van der Waals surface area contributed by atoms with Gasteiger partial charge in [0, 0.05) is 19.5 Å². The lowest BCUT2D eigenvalue weighted by Crippen LogP contribution is -2.36. The van der Waals surface area contributed by atoms with E-state index in [1.807, 2.05) is 30.3 Å². The molecule has 1 N–H and O–H groups in total. The molecule has 1 aliphatic rings. The molecule has 5 heteroatoms. The number of amides is 2. The zero-order valence-corrected chi connectivity index (χ0v) is 11.5. The van der Waals surface area contributed by atoms with Crippen LogP contribution in [0.4, 0.5) is 0 Å². The molecule has 2 aromatic rings. The van der Waals surface area contributed by atoms with Crippen LogP contribution in [0.25, 0.3) is 0 Å². The number of nitrogens with zero attached hydrogens (tertiary/aromatic N) is 1. The Bertz CT molecular complexity index is 622. The number of rotatable bonds is 4. The summed E-state index contributed by atoms with van der Waals surface area (Å²) < 4.78 is 4.88. The van der Waals surface area contributed by atoms with Gasteiger partial charge < -0.3 is 14.6 Å². The molecule has 21 heavy (non-hydrogen) atoms. The van der Waals surface area contributed by atoms with Crippen LogP contribution < -0.4 is 5.32 Å². The average molecular weight is 284 g/mol. The number of hydrogen-bond acceptors (Lipinski definition) is 3. The molecule has 5 nitrogen and oxygen atoms in total. The molecule has 2 amide bonds. The van der Waals surface area contributed by atoms with Crippen LogP contribution in [-0.4, -0.2) is 29.3 Å². The normalized spacial score (nSPS) is 18.0. The number of carbonyl (C=O) groups excluding carboxylic acids is 2. The first kappa shape index (κ1) is 13.4. The standard InChI is InChI=1S/C16H16N2O3/c19-15-8-14(17-16(20)13-6-7-21-11-13)10-18(15)9-12-4-2-1-3-5-12/h1-7,11,14H,8-10H2,(H,17,20). The van der Waals surface area contributed by atoms with E-state index in [0.717, 1.165) is 5.56 Å². The summed E-state index contributed by atoms with van der Waals surface area (Å²) in [5.74, 6) is -0.139. The van der Waals surface area contributed by atoms with E-state index in [9.17, 15) is 9.59 Å². The van der Waals surface area contributed by atoms with Crippen molar-refractivity contribution in [3.8, 4) is 0 Å². The van der Waals surface area contributed by atoms with Crippen molar-refractivity contribution in [3.63, 3.8) is 0 Å². The van der Waals surface area contributed by atoms with Gasteiger partial charge >= 0.3 is 0 Å². The highest BCUT2D eigenvalue weighted by atomic mass is 16.3. The highest BCUT2D eigenvalue weighted by molar-refractivity contribution is 5.94. The second-order valence-corrected chi connectivity index (χ2v) is 5.15. The van der Waals surface area contributed by atoms with Crippen molar-refractivity contribution < 1.29 is 14.0 Å². The smallest absolute Gasteiger partial charge is 0.254 e. The summed E-state index contributed by atoms with van der Waals surface area (Å²) in [5, 5.41) is 2.87. The number of carbonyl (C=O) groups is 2. The molecule has 3 rings (SSSR count). The van der Waals surface area contributed by atoms with E-state index in [2.05, 4.69) is 5.32 Å². The van der Waals surface area contributed by atoms with Gasteiger partial charge in [-0.25, -0.2) is 0 Å². The van der Waals surface area contributed by atoms with Gasteiger partial charge in [0.15, 0.2) is 0 Å². The third-order valence-corrected chi connectivity index (χ3v) is 3.55. The van der Waals surface area contributed by atoms with Gasteiger partial charge in [-0.1, -0.05) is 30.3 Å². The predicted molar refractivity (Wildman–Crippen MR) is 76.4 cm³/mol. The summed E-state index contributed by atoms with van der Waals surface area (Å²) in [6.45, 7) is 1.12. The largest absolute Gasteiger partial charge is 0.472 e. The summed E-state index contributed by atoms with van der Waals surface area (Å²) in [5.41, 5.74) is 1.57. The minimum Gasteiger partial charge on any atom is -0.472 e. The number of hydrogen-bond donors (Lipinski definition) is 1. The van der Waals surface area contributed by atoms with Gasteiger partial charge in [0.2, 0.25) is 5.91 Å². The van der Waals surface area contributed by atoms with E-state index < -0.39 is 0 Å². The molecule has 1 aromatic carbocycles. The number of nitrogens with one attached hydrogen (secondary N) is 1. The Labute approximate surface area is 122 Å². The molecular weight excluding hydrogens is 268 g/mol. The molecular formula is C16H16N2O3. The zero-order valence-electron chi connectivity index (χ0n) is 11.5. The van der Waals surface area contributed by atoms with Crippen LogP contribution in [0, 0.1) is 0 Å². The third-order valence-electron chi connectivity index (χ3n) is 3.55. The second-order valence-electron chi connectivity index (χ2n) is 5.15. The highest BCUT2D eigenvalue weighted by Crippen LogP contribution is 2.15. The maximum absolute atomic E-state index is 12.0. The molecule has 1 aromatic heterocycles. The lowest BCUT2D eigenvalue weighted by molar-refractivity contribution is -0.128. The summed E-state index contributed by atoms with van der Waals surface area (Å²) in [6, 6.07) is 11.3. The maximum atomic E-state index is 12.0. The molecule has 2 heterocycles. The van der Waals surface area contributed by atoms with Gasteiger partial charge in [-0.15, -0.1) is 0 Å². The SMILES string of the molecule is O=C(NC1CC(=O)N(Cc2ccccc2)C1)c1ccoc1. The topological polar surface area (TPSA) is 62.6 Å². The predicted octanol–water partition coefficient (Wildman–Crippen LogP) is 1.81. The van der Waals surface area contributed by atoms with Gasteiger partial charge in [-0.2, -0.15) is 0 Å². The van der Waals surface area contributed by atoms with Crippen LogP contribution in [0.3, 0.4) is 0 Å². The molecule has 1 aliphatic heterocycles. The van der Waals surface area contributed by atoms with Crippen LogP contribution in [0.1, 0.15) is 22.3 Å². The van der Waals surface area contributed by atoms with Gasteiger partial charge in [-0.05, 0) is 11.6 Å². The molecule has 1 atom stereocenters. The van der Waals surface area contributed by atoms with Crippen molar-refractivity contribution in [2.24, 2.45) is 0 Å². The maximum Gasteiger partial charge on any atom is 0.254 e. The van der Waals surface area contributed by atoms with E-state index >= 15 is 0 Å². The minimum atomic E-state index is -0.205. The fraction of sp³-hybridized carbons (Fsp3) is 0.250. The van der Waals surface area contributed by atoms with Crippen molar-refractivity contribution in [1.29, 1.82) is 0 Å². The zero-order chi connectivity index (χ0) is 14.7. The quantitative estimate of drug-likeness (QED) is 0.931. The molecule has 0 bridgehead atoms. The fourth-order valence-electron chi connectivity index (χ4n) is 2.49. The number of benzene rings is 1. The van der Waals surface area contributed by atoms with Crippen molar-refractivity contribution in [1.82, 2.24) is 10.2 Å². The van der Waals surface area contributed by atoms with E-state index in [1.54, 1.807) is 11.0 Å². The van der Waals surface area contributed by atoms with Crippen LogP contribution in [0.5, 0.6) is 0 Å². The van der Waals surface area contributed by atoms with E-state index in [0.29, 0.717) is 25.1 Å². The first-order valence-electron chi connectivity index (χ1n) is 6.87. The summed E-state index contributed by atoms with van der Waals surface area (Å²) in [6.07, 6.45) is 3.20. The molecule has 1 fully saturated rings. The first-order valence-corrected chi connectivity index (χ1v) is 6.87. The summed E-state index contributed by atoms with van der Waals surface area (Å²) >= 11 is 0. The summed E-state index contributed by atoms with van der Waals surface area (Å²) in [7, 11) is 0. The van der Waals surface area contributed by atoms with Gasteiger partial charge in [0.25, 0.3) is 5.91 Å². The van der Waals surface area contributed by atoms with Crippen molar-refractivity contribution in [2.45, 2.75) is 19.0 Å². The van der Waals surface area contributed by atoms with E-state index in [1.165, 1.54) is 12.5 Å². The highest BCUT2D eigenvalue weighted by Gasteiger charge is 2.30. The molecule has 1 unspecified atom stereocenters. The molecule has 108 valence electrons. The van der Waals surface area contributed by atoms with Crippen LogP contribution >= 0.6 is 0 Å². The molecule has 0 radical (unpaired) electrons. The molecule has 0 aliphatic carbocycles. The van der Waals surface area contributed by atoms with Crippen molar-refractivity contribution in [3.05, 3.63) is 60.1 Å². The number of furan rings is 1. The van der Waals surface area contributed by atoms with Crippen LogP contribution in [0.2, 0.25) is 0 Å². The van der Waals surface area contributed by atoms with Gasteiger partial charge in [0.05, 0.1) is 17.9 Å². The molecule has 0 saturated carbocycles.